The Kier molecular flexibility index (Phi) is 5.19. The van der Waals surface area contributed by atoms with E-state index in [0.717, 1.165) is 18.2 Å². The number of unbranched alkanes of at least 4 members (excludes halogenated alkanes) is 1. The van der Waals surface area contributed by atoms with Crippen molar-refractivity contribution in [2.45, 2.75) is 83.6 Å². The van der Waals surface area contributed by atoms with Crippen molar-refractivity contribution >= 4 is 0 Å². The Morgan fingerprint density at radius 3 is 2.55 bits per heavy atom. The Hall–Kier alpha value is -0.900. The van der Waals surface area contributed by atoms with Crippen molar-refractivity contribution in [1.82, 2.24) is 10.1 Å². The molecule has 1 unspecified atom stereocenters. The van der Waals surface area contributed by atoms with Crippen LogP contribution >= 0.6 is 0 Å². The van der Waals surface area contributed by atoms with E-state index < -0.39 is 5.54 Å². The lowest BCUT2D eigenvalue weighted by molar-refractivity contribution is 0.259. The van der Waals surface area contributed by atoms with Crippen LogP contribution in [0.2, 0.25) is 0 Å². The van der Waals surface area contributed by atoms with Crippen LogP contribution in [0.15, 0.2) is 4.52 Å². The third-order valence-corrected chi connectivity index (χ3v) is 4.85. The molecule has 1 aliphatic rings. The van der Waals surface area contributed by atoms with Crippen molar-refractivity contribution in [2.24, 2.45) is 11.7 Å². The van der Waals surface area contributed by atoms with E-state index in [1.807, 2.05) is 6.92 Å². The van der Waals surface area contributed by atoms with E-state index in [9.17, 15) is 0 Å². The average molecular weight is 279 g/mol. The smallest absolute Gasteiger partial charge is 0.229 e. The van der Waals surface area contributed by atoms with E-state index in [0.29, 0.717) is 11.7 Å². The van der Waals surface area contributed by atoms with Crippen molar-refractivity contribution in [3.8, 4) is 0 Å². The summed E-state index contributed by atoms with van der Waals surface area (Å²) in [5, 5.41) is 4.09. The van der Waals surface area contributed by atoms with Gasteiger partial charge in [0.2, 0.25) is 5.89 Å². The first-order chi connectivity index (χ1) is 9.56. The topological polar surface area (TPSA) is 64.9 Å². The van der Waals surface area contributed by atoms with Gasteiger partial charge in [0, 0.05) is 5.92 Å². The van der Waals surface area contributed by atoms with Gasteiger partial charge in [0.15, 0.2) is 5.82 Å². The number of nitrogens with zero attached hydrogens (tertiary/aromatic N) is 2. The van der Waals surface area contributed by atoms with Gasteiger partial charge in [0.1, 0.15) is 0 Å². The zero-order chi connectivity index (χ0) is 14.6. The molecule has 1 heterocycles. The molecule has 0 amide bonds. The third-order valence-electron chi connectivity index (χ3n) is 4.85. The molecule has 0 aliphatic heterocycles. The summed E-state index contributed by atoms with van der Waals surface area (Å²) in [6.07, 6.45) is 9.84. The van der Waals surface area contributed by atoms with Gasteiger partial charge in [0.05, 0.1) is 5.54 Å². The fourth-order valence-electron chi connectivity index (χ4n) is 2.98. The van der Waals surface area contributed by atoms with E-state index in [1.165, 1.54) is 44.9 Å². The Balaban J connectivity index is 1.91. The fraction of sp³-hybridized carbons (Fsp3) is 0.875. The van der Waals surface area contributed by atoms with Crippen molar-refractivity contribution in [3.05, 3.63) is 11.7 Å². The first-order valence-corrected chi connectivity index (χ1v) is 8.19. The highest BCUT2D eigenvalue weighted by atomic mass is 16.5. The van der Waals surface area contributed by atoms with Crippen LogP contribution in [0.3, 0.4) is 0 Å². The lowest BCUT2D eigenvalue weighted by atomic mass is 9.80. The monoisotopic (exact) mass is 279 g/mol. The molecule has 0 saturated heterocycles. The van der Waals surface area contributed by atoms with Crippen molar-refractivity contribution in [1.29, 1.82) is 0 Å². The first-order valence-electron chi connectivity index (χ1n) is 8.19. The molecule has 1 fully saturated rings. The highest BCUT2D eigenvalue weighted by molar-refractivity contribution is 5.04. The molecule has 1 aromatic heterocycles. The molecule has 20 heavy (non-hydrogen) atoms. The van der Waals surface area contributed by atoms with Gasteiger partial charge in [0.25, 0.3) is 0 Å². The zero-order valence-corrected chi connectivity index (χ0v) is 13.2. The van der Waals surface area contributed by atoms with Gasteiger partial charge in [-0.05, 0) is 44.9 Å². The molecular weight excluding hydrogens is 250 g/mol. The molecule has 0 radical (unpaired) electrons. The highest BCUT2D eigenvalue weighted by Crippen LogP contribution is 2.37. The summed E-state index contributed by atoms with van der Waals surface area (Å²) in [4.78, 5) is 4.56. The average Bonchev–Trinajstić information content (AvgIpc) is 2.96. The quantitative estimate of drug-likeness (QED) is 0.850. The van der Waals surface area contributed by atoms with E-state index in [1.54, 1.807) is 0 Å². The van der Waals surface area contributed by atoms with Crippen molar-refractivity contribution < 1.29 is 4.52 Å². The lowest BCUT2D eigenvalue weighted by Gasteiger charge is -2.26. The van der Waals surface area contributed by atoms with Gasteiger partial charge in [-0.3, -0.25) is 0 Å². The second-order valence-corrected chi connectivity index (χ2v) is 6.59. The summed E-state index contributed by atoms with van der Waals surface area (Å²) >= 11 is 0. The SMILES string of the molecule is CCCCC1CCC(c2nc(C(C)(N)CC)no2)CC1. The number of hydrogen-bond donors (Lipinski definition) is 1. The van der Waals surface area contributed by atoms with Crippen LogP contribution in [0.25, 0.3) is 0 Å². The summed E-state index contributed by atoms with van der Waals surface area (Å²) in [7, 11) is 0. The van der Waals surface area contributed by atoms with E-state index >= 15 is 0 Å². The highest BCUT2D eigenvalue weighted by Gasteiger charge is 2.30. The molecule has 114 valence electrons. The molecule has 0 bridgehead atoms. The van der Waals surface area contributed by atoms with E-state index in [2.05, 4.69) is 24.0 Å². The van der Waals surface area contributed by atoms with Crippen LogP contribution in [-0.4, -0.2) is 10.1 Å². The summed E-state index contributed by atoms with van der Waals surface area (Å²) < 4.78 is 5.47. The second kappa shape index (κ2) is 6.70. The molecule has 1 aromatic rings. The van der Waals surface area contributed by atoms with Crippen LogP contribution in [0.1, 0.15) is 89.8 Å². The molecule has 1 saturated carbocycles. The molecular formula is C16H29N3O. The molecule has 2 N–H and O–H groups in total. The summed E-state index contributed by atoms with van der Waals surface area (Å²) in [6, 6.07) is 0. The van der Waals surface area contributed by atoms with Gasteiger partial charge < -0.3 is 10.3 Å². The largest absolute Gasteiger partial charge is 0.339 e. The molecule has 1 atom stereocenters. The maximum absolute atomic E-state index is 6.17. The molecule has 1 aliphatic carbocycles. The number of nitrogens with two attached hydrogens (primary N) is 1. The minimum atomic E-state index is -0.472. The van der Waals surface area contributed by atoms with Gasteiger partial charge in [-0.2, -0.15) is 4.98 Å². The zero-order valence-electron chi connectivity index (χ0n) is 13.2. The minimum absolute atomic E-state index is 0.446. The molecule has 0 aromatic carbocycles. The molecule has 2 rings (SSSR count). The normalized spacial score (nSPS) is 26.4. The summed E-state index contributed by atoms with van der Waals surface area (Å²) in [5.41, 5.74) is 5.70. The predicted molar refractivity (Wildman–Crippen MR) is 80.4 cm³/mol. The van der Waals surface area contributed by atoms with Crippen molar-refractivity contribution in [2.75, 3.05) is 0 Å². The summed E-state index contributed by atoms with van der Waals surface area (Å²) in [5.74, 6) is 2.81. The lowest BCUT2D eigenvalue weighted by Crippen LogP contribution is -2.33. The Morgan fingerprint density at radius 2 is 1.95 bits per heavy atom. The predicted octanol–water partition coefficient (Wildman–Crippen LogP) is 4.12. The summed E-state index contributed by atoms with van der Waals surface area (Å²) in [6.45, 7) is 6.28. The second-order valence-electron chi connectivity index (χ2n) is 6.59. The van der Waals surface area contributed by atoms with Crippen LogP contribution in [0.5, 0.6) is 0 Å². The van der Waals surface area contributed by atoms with Crippen LogP contribution < -0.4 is 5.73 Å². The van der Waals surface area contributed by atoms with Crippen LogP contribution in [0.4, 0.5) is 0 Å². The molecule has 4 nitrogen and oxygen atoms in total. The maximum atomic E-state index is 6.17. The standard InChI is InChI=1S/C16H29N3O/c1-4-6-7-12-8-10-13(11-9-12)14-18-15(19-20-14)16(3,17)5-2/h12-13H,4-11,17H2,1-3H3. The molecule has 0 spiro atoms. The van der Waals surface area contributed by atoms with Crippen LogP contribution in [-0.2, 0) is 5.54 Å². The van der Waals surface area contributed by atoms with E-state index in [-0.39, 0.29) is 0 Å². The van der Waals surface area contributed by atoms with E-state index in [4.69, 9.17) is 10.3 Å². The minimum Gasteiger partial charge on any atom is -0.339 e. The van der Waals surface area contributed by atoms with Gasteiger partial charge in [-0.1, -0.05) is 38.3 Å². The number of rotatable bonds is 6. The third kappa shape index (κ3) is 3.60. The van der Waals surface area contributed by atoms with Gasteiger partial charge in [-0.15, -0.1) is 0 Å². The maximum Gasteiger partial charge on any atom is 0.229 e. The molecule has 4 heteroatoms. The van der Waals surface area contributed by atoms with Gasteiger partial charge >= 0.3 is 0 Å². The Labute approximate surface area is 122 Å². The number of hydrogen-bond acceptors (Lipinski definition) is 4. The Morgan fingerprint density at radius 1 is 1.25 bits per heavy atom. The van der Waals surface area contributed by atoms with Gasteiger partial charge in [-0.25, -0.2) is 0 Å². The van der Waals surface area contributed by atoms with Crippen LogP contribution in [0, 0.1) is 5.92 Å². The fourth-order valence-corrected chi connectivity index (χ4v) is 2.98. The van der Waals surface area contributed by atoms with Crippen molar-refractivity contribution in [3.63, 3.8) is 0 Å². The Bertz CT molecular complexity index is 406. The first kappa shape index (κ1) is 15.5. The number of aromatic nitrogens is 2.